The summed E-state index contributed by atoms with van der Waals surface area (Å²) in [5.74, 6) is 1.49. The second-order valence-corrected chi connectivity index (χ2v) is 11.4. The zero-order valence-electron chi connectivity index (χ0n) is 18.4. The number of fused-ring (bicyclic) bond motifs is 2. The largest absolute Gasteiger partial charge is 0.351 e. The lowest BCUT2D eigenvalue weighted by Crippen LogP contribution is -2.63. The number of rotatable bonds is 7. The van der Waals surface area contributed by atoms with Crippen LogP contribution in [0.15, 0.2) is 36.5 Å². The number of alkyl halides is 1. The number of halogens is 1. The Kier molecular flexibility index (Phi) is 5.00. The van der Waals surface area contributed by atoms with Crippen LogP contribution in [-0.2, 0) is 4.79 Å². The number of amides is 1. The van der Waals surface area contributed by atoms with Gasteiger partial charge in [0.15, 0.2) is 0 Å². The van der Waals surface area contributed by atoms with Gasteiger partial charge in [-0.1, -0.05) is 30.9 Å². The summed E-state index contributed by atoms with van der Waals surface area (Å²) in [5, 5.41) is 7.05. The van der Waals surface area contributed by atoms with Crippen LogP contribution in [-0.4, -0.2) is 31.2 Å². The minimum absolute atomic E-state index is 0.0319. The molecule has 30 heavy (non-hydrogen) atoms. The molecule has 0 aromatic rings. The maximum Gasteiger partial charge on any atom is 0.226 e. The average molecular weight is 413 g/mol. The van der Waals surface area contributed by atoms with Crippen LogP contribution in [0, 0.1) is 28.1 Å². The van der Waals surface area contributed by atoms with Gasteiger partial charge in [0.25, 0.3) is 0 Å². The van der Waals surface area contributed by atoms with Crippen molar-refractivity contribution in [2.24, 2.45) is 28.1 Å². The zero-order valence-corrected chi connectivity index (χ0v) is 18.4. The maximum absolute atomic E-state index is 13.8. The van der Waals surface area contributed by atoms with Crippen LogP contribution in [0.3, 0.4) is 0 Å². The van der Waals surface area contributed by atoms with Crippen LogP contribution in [0.5, 0.6) is 0 Å². The first-order valence-electron chi connectivity index (χ1n) is 12.0. The van der Waals surface area contributed by atoms with Gasteiger partial charge in [0.05, 0.1) is 12.1 Å². The van der Waals surface area contributed by atoms with Crippen molar-refractivity contribution in [3.63, 3.8) is 0 Å². The lowest BCUT2D eigenvalue weighted by atomic mass is 9.37. The molecule has 3 nitrogen and oxygen atoms in total. The summed E-state index contributed by atoms with van der Waals surface area (Å²) in [5.41, 5.74) is 0.729. The highest BCUT2D eigenvalue weighted by atomic mass is 19.1. The average Bonchev–Trinajstić information content (AvgIpc) is 3.30. The summed E-state index contributed by atoms with van der Waals surface area (Å²) < 4.78 is 13.7. The smallest absolute Gasteiger partial charge is 0.226 e. The first-order valence-corrected chi connectivity index (χ1v) is 12.0. The Hall–Kier alpha value is -1.42. The molecule has 4 heteroatoms. The van der Waals surface area contributed by atoms with Gasteiger partial charge in [-0.15, -0.1) is 0 Å². The van der Waals surface area contributed by atoms with Crippen molar-refractivity contribution in [2.75, 3.05) is 13.2 Å². The topological polar surface area (TPSA) is 41.1 Å². The summed E-state index contributed by atoms with van der Waals surface area (Å²) >= 11 is 0. The van der Waals surface area contributed by atoms with Crippen LogP contribution >= 0.6 is 0 Å². The second kappa shape index (κ2) is 7.32. The third kappa shape index (κ3) is 3.21. The Morgan fingerprint density at radius 3 is 2.63 bits per heavy atom. The molecule has 1 amide bonds. The molecule has 0 aromatic heterocycles. The van der Waals surface area contributed by atoms with Crippen molar-refractivity contribution < 1.29 is 9.18 Å². The molecule has 5 aliphatic carbocycles. The Morgan fingerprint density at radius 2 is 1.93 bits per heavy atom. The number of nitrogens with one attached hydrogen (secondary N) is 2. The molecule has 0 aromatic carbocycles. The van der Waals surface area contributed by atoms with E-state index in [0.717, 1.165) is 63.0 Å². The third-order valence-corrected chi connectivity index (χ3v) is 9.22. The van der Waals surface area contributed by atoms with E-state index < -0.39 is 0 Å². The van der Waals surface area contributed by atoms with Crippen molar-refractivity contribution in [3.05, 3.63) is 36.5 Å². The van der Waals surface area contributed by atoms with Gasteiger partial charge >= 0.3 is 0 Å². The molecular formula is C26H37FN2O. The minimum Gasteiger partial charge on any atom is -0.351 e. The number of piperidine rings is 1. The molecule has 7 atom stereocenters. The molecule has 6 bridgehead atoms. The first kappa shape index (κ1) is 20.5. The number of allylic oxidation sites excluding steroid dienone is 5. The molecule has 0 radical (unpaired) electrons. The van der Waals surface area contributed by atoms with E-state index in [1.54, 1.807) is 0 Å². The summed E-state index contributed by atoms with van der Waals surface area (Å²) in [4.78, 5) is 13.8. The van der Waals surface area contributed by atoms with E-state index >= 15 is 0 Å². The van der Waals surface area contributed by atoms with E-state index in [9.17, 15) is 9.18 Å². The molecule has 164 valence electrons. The SMILES string of the molecule is C=C(/C=C\C=C/C)[C@]12CC3CC(C(=O)NC4CC5CNC4C5)(C[C@](CCF)(C3)C1)C2. The predicted octanol–water partition coefficient (Wildman–Crippen LogP) is 4.86. The van der Waals surface area contributed by atoms with Gasteiger partial charge in [-0.25, -0.2) is 0 Å². The lowest BCUT2D eigenvalue weighted by molar-refractivity contribution is -0.172. The molecule has 1 heterocycles. The highest BCUT2D eigenvalue weighted by Gasteiger charge is 2.66. The van der Waals surface area contributed by atoms with Crippen molar-refractivity contribution in [2.45, 2.75) is 76.8 Å². The van der Waals surface area contributed by atoms with Crippen LogP contribution < -0.4 is 10.6 Å². The summed E-state index contributed by atoms with van der Waals surface area (Å²) in [7, 11) is 0. The standard InChI is InChI=1S/C26H37FN2O/c1-3-4-5-6-18(2)25-12-20-11-24(15-25,7-8-27)16-26(13-20,17-25)23(30)29-22-10-19-9-21(22)28-14-19/h3-6,19-22,28H,2,7-17H2,1H3,(H,29,30)/b4-3-,6-5-/t19?,20?,21?,22?,24-,25-,26?/m1/s1. The molecule has 1 saturated heterocycles. The van der Waals surface area contributed by atoms with E-state index in [4.69, 9.17) is 0 Å². The Bertz CT molecular complexity index is 790. The molecule has 2 N–H and O–H groups in total. The van der Waals surface area contributed by atoms with Crippen molar-refractivity contribution in [1.29, 1.82) is 0 Å². The van der Waals surface area contributed by atoms with Crippen LogP contribution in [0.25, 0.3) is 0 Å². The molecule has 6 aliphatic rings. The molecule has 1 aliphatic heterocycles. The predicted molar refractivity (Wildman–Crippen MR) is 119 cm³/mol. The highest BCUT2D eigenvalue weighted by molar-refractivity contribution is 5.84. The van der Waals surface area contributed by atoms with Gasteiger partial charge < -0.3 is 10.6 Å². The van der Waals surface area contributed by atoms with Crippen molar-refractivity contribution in [3.8, 4) is 0 Å². The Morgan fingerprint density at radius 1 is 1.13 bits per heavy atom. The van der Waals surface area contributed by atoms with Crippen molar-refractivity contribution in [1.82, 2.24) is 10.6 Å². The lowest BCUT2D eigenvalue weighted by Gasteiger charge is -2.66. The number of carbonyl (C=O) groups is 1. The molecule has 6 rings (SSSR count). The molecule has 5 unspecified atom stereocenters. The van der Waals surface area contributed by atoms with Crippen LogP contribution in [0.4, 0.5) is 4.39 Å². The van der Waals surface area contributed by atoms with E-state index in [1.807, 2.05) is 19.1 Å². The second-order valence-electron chi connectivity index (χ2n) is 11.4. The monoisotopic (exact) mass is 412 g/mol. The van der Waals surface area contributed by atoms with Gasteiger partial charge in [-0.05, 0) is 99.5 Å². The van der Waals surface area contributed by atoms with Gasteiger partial charge in [-0.3, -0.25) is 9.18 Å². The fraction of sp³-hybridized carbons (Fsp3) is 0.731. The Balaban J connectivity index is 1.43. The summed E-state index contributed by atoms with van der Waals surface area (Å²) in [6.45, 7) is 7.31. The van der Waals surface area contributed by atoms with Crippen LogP contribution in [0.1, 0.15) is 64.7 Å². The molecule has 5 saturated carbocycles. The maximum atomic E-state index is 13.8. The quantitative estimate of drug-likeness (QED) is 0.587. The minimum atomic E-state index is -0.339. The van der Waals surface area contributed by atoms with Crippen LogP contribution in [0.2, 0.25) is 0 Å². The van der Waals surface area contributed by atoms with Gasteiger partial charge in [0, 0.05) is 12.1 Å². The fourth-order valence-corrected chi connectivity index (χ4v) is 8.52. The van der Waals surface area contributed by atoms with Gasteiger partial charge in [0.2, 0.25) is 5.91 Å². The van der Waals surface area contributed by atoms with Gasteiger partial charge in [0.1, 0.15) is 0 Å². The summed E-state index contributed by atoms with van der Waals surface area (Å²) in [6.07, 6.45) is 17.1. The first-order chi connectivity index (χ1) is 14.4. The highest BCUT2D eigenvalue weighted by Crippen LogP contribution is 2.72. The fourth-order valence-electron chi connectivity index (χ4n) is 8.52. The van der Waals surface area contributed by atoms with Gasteiger partial charge in [-0.2, -0.15) is 0 Å². The molecular weight excluding hydrogens is 375 g/mol. The Labute approximate surface area is 180 Å². The zero-order chi connectivity index (χ0) is 21.0. The molecule has 0 spiro atoms. The van der Waals surface area contributed by atoms with Crippen molar-refractivity contribution >= 4 is 5.91 Å². The normalized spacial score (nSPS) is 46.3. The number of hydrogen-bond acceptors (Lipinski definition) is 2. The van der Waals surface area contributed by atoms with E-state index in [1.165, 1.54) is 6.42 Å². The third-order valence-electron chi connectivity index (χ3n) is 9.22. The number of hydrogen-bond donors (Lipinski definition) is 2. The van der Waals surface area contributed by atoms with E-state index in [2.05, 4.69) is 29.4 Å². The molecule has 6 fully saturated rings. The summed E-state index contributed by atoms with van der Waals surface area (Å²) in [6, 6.07) is 0.718. The van der Waals surface area contributed by atoms with E-state index in [0.29, 0.717) is 18.4 Å². The van der Waals surface area contributed by atoms with E-state index in [-0.39, 0.29) is 34.9 Å². The number of carbonyl (C=O) groups excluding carboxylic acids is 1.